The Labute approximate surface area is 297 Å². The minimum atomic E-state index is -5.47. The number of benzene rings is 1. The maximum absolute atomic E-state index is 11.4. The van der Waals surface area contributed by atoms with Gasteiger partial charge in [0.05, 0.1) is 47.5 Å². The Kier molecular flexibility index (Phi) is 22.2. The molecule has 0 spiro atoms. The number of azo groups is 1. The van der Waals surface area contributed by atoms with Crippen molar-refractivity contribution in [3.8, 4) is 5.75 Å². The Hall–Kier alpha value is 1.69. The van der Waals surface area contributed by atoms with E-state index in [0.717, 1.165) is 18.2 Å². The minimum absolute atomic E-state index is 0. The smallest absolute Gasteiger partial charge is 0.790 e. The molecule has 174 valence electrons. The number of hydrogen-bond acceptors (Lipinski definition) is 16. The van der Waals surface area contributed by atoms with Gasteiger partial charge >= 0.3 is 118 Å². The van der Waals surface area contributed by atoms with E-state index in [9.17, 15) is 42.5 Å². The van der Waals surface area contributed by atoms with E-state index in [1.54, 1.807) is 0 Å². The summed E-state index contributed by atoms with van der Waals surface area (Å²) in [6.45, 7) is 0.280. The Morgan fingerprint density at radius 3 is 2.31 bits per heavy atom. The van der Waals surface area contributed by atoms with Crippen LogP contribution in [0.2, 0.25) is 0 Å². The number of aldehydes is 1. The van der Waals surface area contributed by atoms with Crippen molar-refractivity contribution in [2.45, 2.75) is 23.3 Å². The fraction of sp³-hybridized carbons (Fsp3) is 0.143. The first-order valence-electron chi connectivity index (χ1n) is 7.86. The van der Waals surface area contributed by atoms with Crippen LogP contribution in [0, 0.1) is 6.92 Å². The van der Waals surface area contributed by atoms with Crippen LogP contribution in [0.25, 0.3) is 0 Å². The van der Waals surface area contributed by atoms with Gasteiger partial charge in [-0.2, -0.15) is 4.33 Å². The van der Waals surface area contributed by atoms with Crippen LogP contribution in [-0.2, 0) is 35.2 Å². The third-order valence-corrected chi connectivity index (χ3v) is 5.48. The van der Waals surface area contributed by atoms with Gasteiger partial charge in [0, 0.05) is 5.56 Å². The molecule has 1 N–H and O–H groups in total. The third kappa shape index (κ3) is 12.9. The van der Waals surface area contributed by atoms with Crippen LogP contribution in [0.3, 0.4) is 0 Å². The molecule has 0 amide bonds. The van der Waals surface area contributed by atoms with Gasteiger partial charge < -0.3 is 33.8 Å². The fourth-order valence-electron chi connectivity index (χ4n) is 2.18. The first-order chi connectivity index (χ1) is 14.9. The zero-order valence-electron chi connectivity index (χ0n) is 19.6. The summed E-state index contributed by atoms with van der Waals surface area (Å²) in [6, 6.07) is 2.69. The molecular weight excluding hydrogens is 589 g/mol. The molecule has 36 heavy (non-hydrogen) atoms. The number of pyridine rings is 1. The van der Waals surface area contributed by atoms with Gasteiger partial charge in [0.15, 0.2) is 12.1 Å². The molecule has 1 aromatic heterocycles. The first-order valence-corrected chi connectivity index (χ1v) is 11.5. The molecule has 2 aromatic rings. The number of aromatic nitrogens is 1. The number of nitrogens with zero attached hydrogens (tertiary/aromatic N) is 3. The Morgan fingerprint density at radius 1 is 1.19 bits per heavy atom. The molecule has 0 aliphatic heterocycles. The van der Waals surface area contributed by atoms with Gasteiger partial charge in [-0.15, -0.1) is 10.2 Å². The summed E-state index contributed by atoms with van der Waals surface area (Å²) in [6.07, 6.45) is 0.150. The van der Waals surface area contributed by atoms with Crippen LogP contribution in [-0.4, -0.2) is 29.3 Å². The molecule has 0 saturated heterocycles. The zero-order chi connectivity index (χ0) is 24.1. The summed E-state index contributed by atoms with van der Waals surface area (Å²) in [4.78, 5) is 35.9. The molecular formula is C14H10N3Na4O12PS2. The number of carbonyl (C=O) groups excluding carboxylic acids is 1. The van der Waals surface area contributed by atoms with Crippen LogP contribution in [0.4, 0.5) is 11.5 Å². The van der Waals surface area contributed by atoms with Crippen molar-refractivity contribution in [2.75, 3.05) is 0 Å². The maximum Gasteiger partial charge on any atom is 1.00 e. The van der Waals surface area contributed by atoms with E-state index in [0.29, 0.717) is 0 Å². The van der Waals surface area contributed by atoms with Gasteiger partial charge in [0.2, 0.25) is 0 Å². The van der Waals surface area contributed by atoms with Gasteiger partial charge in [-0.3, -0.25) is 9.83 Å². The molecule has 2 rings (SSSR count). The van der Waals surface area contributed by atoms with E-state index in [-0.39, 0.29) is 153 Å². The van der Waals surface area contributed by atoms with Crippen molar-refractivity contribution in [2.24, 2.45) is 10.2 Å². The average Bonchev–Trinajstić information content (AvgIpc) is 2.70. The molecule has 22 heteroatoms. The summed E-state index contributed by atoms with van der Waals surface area (Å²) in [7, 11) is -10.3. The van der Waals surface area contributed by atoms with Crippen molar-refractivity contribution in [1.29, 1.82) is 0 Å². The number of carbonyl (C=O) groups is 1. The Bertz CT molecular complexity index is 1220. The van der Waals surface area contributed by atoms with Crippen LogP contribution < -0.4 is 133 Å². The van der Waals surface area contributed by atoms with Gasteiger partial charge in [0.1, 0.15) is 21.6 Å². The predicted molar refractivity (Wildman–Crippen MR) is 95.0 cm³/mol. The SMILES string of the molecule is Cc1nc(N=Nc2ccc(S(=O)(=O)[O-])cc2SOO[O-])c(COP(=O)([O-])[O-])c(C=O)c1O.[Na+].[Na+].[Na+].[Na+]. The van der Waals surface area contributed by atoms with Crippen LogP contribution in [0.5, 0.6) is 5.75 Å². The number of phosphoric ester groups is 1. The molecule has 15 nitrogen and oxygen atoms in total. The Morgan fingerprint density at radius 2 is 1.81 bits per heavy atom. The molecule has 1 heterocycles. The number of phosphoric acid groups is 1. The second kappa shape index (κ2) is 18.9. The van der Waals surface area contributed by atoms with Gasteiger partial charge in [-0.25, -0.2) is 13.4 Å². The summed E-state index contributed by atoms with van der Waals surface area (Å²) >= 11 is 0.191. The predicted octanol–water partition coefficient (Wildman–Crippen LogP) is -12.2. The maximum atomic E-state index is 11.4. The first kappa shape index (κ1) is 42.2. The van der Waals surface area contributed by atoms with Crippen molar-refractivity contribution in [1.82, 2.24) is 4.98 Å². The van der Waals surface area contributed by atoms with Crippen LogP contribution in [0.1, 0.15) is 21.6 Å². The van der Waals surface area contributed by atoms with Gasteiger partial charge in [-0.05, 0) is 25.1 Å². The zero-order valence-corrected chi connectivity index (χ0v) is 30.1. The van der Waals surface area contributed by atoms with Crippen molar-refractivity contribution in [3.05, 3.63) is 35.0 Å². The van der Waals surface area contributed by atoms with Crippen molar-refractivity contribution < 1.29 is 175 Å². The topological polar surface area (TPSA) is 246 Å². The monoisotopic (exact) mass is 599 g/mol. The Balaban J connectivity index is -0.00000272. The molecule has 0 unspecified atom stereocenters. The standard InChI is InChI=1S/C14H14N3O12PS2.4Na/c1-7-13(19)9(5-18)10(6-27-30(21,22)23)14(15-7)17-16-11-3-2-8(32(24,25)26)4-12(11)31-29-28-20;;;;/h2-5,19-20H,6H2,1H3,(H2,21,22,23)(H,24,25,26);;;;/q;4*+1/p-4. The summed E-state index contributed by atoms with van der Waals surface area (Å²) in [5, 5.41) is 30.6. The molecule has 0 fully saturated rings. The summed E-state index contributed by atoms with van der Waals surface area (Å²) in [5.74, 6) is -1.06. The van der Waals surface area contributed by atoms with E-state index in [4.69, 9.17) is 0 Å². The van der Waals surface area contributed by atoms with E-state index in [1.807, 2.05) is 0 Å². The normalized spacial score (nSPS) is 11.0. The largest absolute Gasteiger partial charge is 1.00 e. The van der Waals surface area contributed by atoms with Crippen molar-refractivity contribution in [3.63, 3.8) is 0 Å². The molecule has 0 bridgehead atoms. The fourth-order valence-corrected chi connectivity index (χ4v) is 3.51. The molecule has 0 aliphatic rings. The summed E-state index contributed by atoms with van der Waals surface area (Å²) in [5.41, 5.74) is -1.15. The molecule has 0 atom stereocenters. The number of aryl methyl sites for hydroxylation is 1. The number of hydrogen-bond donors (Lipinski definition) is 1. The molecule has 1 aromatic carbocycles. The van der Waals surface area contributed by atoms with Crippen molar-refractivity contribution >= 4 is 47.8 Å². The van der Waals surface area contributed by atoms with E-state index in [2.05, 4.69) is 29.1 Å². The van der Waals surface area contributed by atoms with E-state index < -0.39 is 52.1 Å². The second-order valence-electron chi connectivity index (χ2n) is 5.60. The average molecular weight is 599 g/mol. The number of aromatic hydroxyl groups is 1. The van der Waals surface area contributed by atoms with E-state index >= 15 is 0 Å². The second-order valence-corrected chi connectivity index (χ2v) is 8.88. The summed E-state index contributed by atoms with van der Waals surface area (Å²) < 4.78 is 52.6. The molecule has 0 saturated carbocycles. The van der Waals surface area contributed by atoms with Gasteiger partial charge in [0.25, 0.3) is 0 Å². The number of rotatable bonds is 10. The van der Waals surface area contributed by atoms with Gasteiger partial charge in [-0.1, -0.05) is 0 Å². The van der Waals surface area contributed by atoms with Crippen LogP contribution >= 0.6 is 19.9 Å². The van der Waals surface area contributed by atoms with E-state index in [1.165, 1.54) is 6.92 Å². The van der Waals surface area contributed by atoms with Crippen LogP contribution in [0.15, 0.2) is 38.2 Å². The third-order valence-electron chi connectivity index (χ3n) is 3.58. The minimum Gasteiger partial charge on any atom is -0.790 e. The quantitative estimate of drug-likeness (QED) is 0.0390. The molecule has 0 radical (unpaired) electrons. The molecule has 0 aliphatic carbocycles.